The van der Waals surface area contributed by atoms with Crippen LogP contribution >= 0.6 is 11.6 Å². The lowest BCUT2D eigenvalue weighted by atomic mass is 9.93. The highest BCUT2D eigenvalue weighted by atomic mass is 35.5. The van der Waals surface area contributed by atoms with Crippen molar-refractivity contribution in [2.75, 3.05) is 13.1 Å². The molecule has 1 aromatic carbocycles. The second-order valence-electron chi connectivity index (χ2n) is 7.38. The van der Waals surface area contributed by atoms with Gasteiger partial charge >= 0.3 is 0 Å². The van der Waals surface area contributed by atoms with Gasteiger partial charge in [-0.15, -0.1) is 0 Å². The van der Waals surface area contributed by atoms with Gasteiger partial charge in [0.15, 0.2) is 0 Å². The molecule has 150 valence electrons. The normalized spacial score (nSPS) is 19.3. The summed E-state index contributed by atoms with van der Waals surface area (Å²) in [6, 6.07) is 3.36. The standard InChI is InChI=1S/C20H21ClN6O2/c1-12-10-27(6-3-16(12)25-19(28)14-9-24-26(2)11-14)20(29)13-7-15(21)18-17(8-13)22-4-5-23-18/h4-5,7-9,11-12,16H,3,6,10H2,1-2H3,(H,25,28)/t12-,16+/m0/s1. The first-order chi connectivity index (χ1) is 13.9. The highest BCUT2D eigenvalue weighted by Gasteiger charge is 2.30. The average molecular weight is 413 g/mol. The summed E-state index contributed by atoms with van der Waals surface area (Å²) in [6.45, 7) is 3.14. The zero-order chi connectivity index (χ0) is 20.5. The Hall–Kier alpha value is -3.00. The van der Waals surface area contributed by atoms with E-state index >= 15 is 0 Å². The summed E-state index contributed by atoms with van der Waals surface area (Å²) in [5, 5.41) is 7.50. The van der Waals surface area contributed by atoms with Crippen LogP contribution in [0, 0.1) is 5.92 Å². The van der Waals surface area contributed by atoms with Crippen molar-refractivity contribution < 1.29 is 9.59 Å². The van der Waals surface area contributed by atoms with Crippen LogP contribution in [0.4, 0.5) is 0 Å². The van der Waals surface area contributed by atoms with Crippen LogP contribution in [0.1, 0.15) is 34.1 Å². The Balaban J connectivity index is 1.44. The van der Waals surface area contributed by atoms with E-state index in [0.717, 1.165) is 0 Å². The molecule has 0 aliphatic carbocycles. The first-order valence-corrected chi connectivity index (χ1v) is 9.79. The van der Waals surface area contributed by atoms with Crippen LogP contribution in [-0.4, -0.2) is 55.6 Å². The molecule has 2 amide bonds. The highest BCUT2D eigenvalue weighted by Crippen LogP contribution is 2.25. The maximum absolute atomic E-state index is 13.0. The number of aryl methyl sites for hydroxylation is 1. The number of benzene rings is 1. The molecule has 8 nitrogen and oxygen atoms in total. The van der Waals surface area contributed by atoms with Crippen LogP contribution in [0.2, 0.25) is 5.02 Å². The van der Waals surface area contributed by atoms with Crippen molar-refractivity contribution in [3.63, 3.8) is 0 Å². The third-order valence-corrected chi connectivity index (χ3v) is 5.54. The number of fused-ring (bicyclic) bond motifs is 1. The molecular weight excluding hydrogens is 392 g/mol. The molecule has 29 heavy (non-hydrogen) atoms. The van der Waals surface area contributed by atoms with Crippen LogP contribution in [0.5, 0.6) is 0 Å². The average Bonchev–Trinajstić information content (AvgIpc) is 3.15. The molecule has 0 unspecified atom stereocenters. The van der Waals surface area contributed by atoms with Crippen molar-refractivity contribution in [3.8, 4) is 0 Å². The molecule has 3 heterocycles. The third-order valence-electron chi connectivity index (χ3n) is 5.25. The molecule has 0 bridgehead atoms. The Bertz CT molecular complexity index is 1080. The highest BCUT2D eigenvalue weighted by molar-refractivity contribution is 6.35. The fourth-order valence-electron chi connectivity index (χ4n) is 3.67. The summed E-state index contributed by atoms with van der Waals surface area (Å²) in [4.78, 5) is 35.7. The van der Waals surface area contributed by atoms with Gasteiger partial charge in [0.05, 0.1) is 22.3 Å². The Morgan fingerprint density at radius 1 is 1.21 bits per heavy atom. The van der Waals surface area contributed by atoms with Crippen molar-refractivity contribution in [2.45, 2.75) is 19.4 Å². The van der Waals surface area contributed by atoms with Gasteiger partial charge in [-0.25, -0.2) is 0 Å². The summed E-state index contributed by atoms with van der Waals surface area (Å²) in [5.74, 6) is -0.123. The lowest BCUT2D eigenvalue weighted by molar-refractivity contribution is 0.0633. The van der Waals surface area contributed by atoms with E-state index in [9.17, 15) is 9.59 Å². The first kappa shape index (κ1) is 19.3. The molecule has 0 saturated carbocycles. The van der Waals surface area contributed by atoms with Gasteiger partial charge in [0.2, 0.25) is 0 Å². The summed E-state index contributed by atoms with van der Waals surface area (Å²) in [7, 11) is 1.77. The van der Waals surface area contributed by atoms with Crippen LogP contribution < -0.4 is 5.32 Å². The Labute approximate surface area is 172 Å². The molecule has 0 spiro atoms. The van der Waals surface area contributed by atoms with Gasteiger partial charge in [0, 0.05) is 50.3 Å². The molecule has 0 radical (unpaired) electrons. The fraction of sp³-hybridized carbons (Fsp3) is 0.350. The smallest absolute Gasteiger partial charge is 0.254 e. The number of amides is 2. The minimum absolute atomic E-state index is 0.00202. The number of piperidine rings is 1. The monoisotopic (exact) mass is 412 g/mol. The second kappa shape index (κ2) is 7.79. The number of aromatic nitrogens is 4. The number of carbonyl (C=O) groups excluding carboxylic acids is 2. The maximum Gasteiger partial charge on any atom is 0.254 e. The minimum Gasteiger partial charge on any atom is -0.349 e. The molecule has 1 N–H and O–H groups in total. The summed E-state index contributed by atoms with van der Waals surface area (Å²) < 4.78 is 1.60. The molecule has 1 saturated heterocycles. The predicted octanol–water partition coefficient (Wildman–Crippen LogP) is 2.30. The van der Waals surface area contributed by atoms with Crippen molar-refractivity contribution in [2.24, 2.45) is 13.0 Å². The Morgan fingerprint density at radius 3 is 2.72 bits per heavy atom. The van der Waals surface area contributed by atoms with Gasteiger partial charge in [-0.3, -0.25) is 24.2 Å². The van der Waals surface area contributed by atoms with Crippen molar-refractivity contribution in [3.05, 3.63) is 53.1 Å². The van der Waals surface area contributed by atoms with E-state index in [0.29, 0.717) is 46.7 Å². The van der Waals surface area contributed by atoms with Gasteiger partial charge in [-0.2, -0.15) is 5.10 Å². The van der Waals surface area contributed by atoms with Crippen LogP contribution in [0.25, 0.3) is 11.0 Å². The first-order valence-electron chi connectivity index (χ1n) is 9.41. The quantitative estimate of drug-likeness (QED) is 0.712. The second-order valence-corrected chi connectivity index (χ2v) is 7.79. The predicted molar refractivity (Wildman–Crippen MR) is 109 cm³/mol. The SMILES string of the molecule is C[C@H]1CN(C(=O)c2cc(Cl)c3nccnc3c2)CC[C@H]1NC(=O)c1cnn(C)c1. The van der Waals surface area contributed by atoms with Crippen LogP contribution in [-0.2, 0) is 7.05 Å². The zero-order valence-electron chi connectivity index (χ0n) is 16.2. The molecule has 2 aromatic heterocycles. The molecule has 9 heteroatoms. The van der Waals surface area contributed by atoms with Crippen molar-refractivity contribution in [1.82, 2.24) is 30.0 Å². The number of nitrogens with one attached hydrogen (secondary N) is 1. The zero-order valence-corrected chi connectivity index (χ0v) is 16.9. The summed E-state index contributed by atoms with van der Waals surface area (Å²) >= 11 is 6.29. The summed E-state index contributed by atoms with van der Waals surface area (Å²) in [6.07, 6.45) is 7.06. The van der Waals surface area contributed by atoms with E-state index in [1.165, 1.54) is 0 Å². The molecule has 3 aromatic rings. The Kier molecular flexibility index (Phi) is 5.19. The molecule has 1 aliphatic rings. The topological polar surface area (TPSA) is 93.0 Å². The van der Waals surface area contributed by atoms with E-state index in [4.69, 9.17) is 11.6 Å². The number of nitrogens with zero attached hydrogens (tertiary/aromatic N) is 5. The number of hydrogen-bond acceptors (Lipinski definition) is 5. The largest absolute Gasteiger partial charge is 0.349 e. The molecule has 1 aliphatic heterocycles. The lowest BCUT2D eigenvalue weighted by Gasteiger charge is -2.37. The van der Waals surface area contributed by atoms with Gasteiger partial charge in [0.25, 0.3) is 11.8 Å². The Morgan fingerprint density at radius 2 is 2.00 bits per heavy atom. The van der Waals surface area contributed by atoms with E-state index in [-0.39, 0.29) is 23.8 Å². The van der Waals surface area contributed by atoms with Gasteiger partial charge in [-0.05, 0) is 24.5 Å². The van der Waals surface area contributed by atoms with Gasteiger partial charge in [-0.1, -0.05) is 18.5 Å². The molecule has 1 fully saturated rings. The van der Waals surface area contributed by atoms with Crippen molar-refractivity contribution in [1.29, 1.82) is 0 Å². The molecular formula is C20H21ClN6O2. The maximum atomic E-state index is 13.0. The number of halogens is 1. The van der Waals surface area contributed by atoms with Crippen molar-refractivity contribution >= 4 is 34.4 Å². The molecule has 2 atom stereocenters. The summed E-state index contributed by atoms with van der Waals surface area (Å²) in [5.41, 5.74) is 2.20. The van der Waals surface area contributed by atoms with E-state index in [1.807, 2.05) is 6.92 Å². The van der Waals surface area contributed by atoms with E-state index < -0.39 is 0 Å². The number of carbonyl (C=O) groups is 2. The van der Waals surface area contributed by atoms with Crippen LogP contribution in [0.15, 0.2) is 36.9 Å². The third kappa shape index (κ3) is 3.93. The van der Waals surface area contributed by atoms with E-state index in [2.05, 4.69) is 20.4 Å². The number of likely N-dealkylation sites (tertiary alicyclic amines) is 1. The van der Waals surface area contributed by atoms with E-state index in [1.54, 1.807) is 53.5 Å². The number of hydrogen-bond donors (Lipinski definition) is 1. The van der Waals surface area contributed by atoms with Gasteiger partial charge in [0.1, 0.15) is 5.52 Å². The van der Waals surface area contributed by atoms with Gasteiger partial charge < -0.3 is 10.2 Å². The fourth-order valence-corrected chi connectivity index (χ4v) is 3.94. The lowest BCUT2D eigenvalue weighted by Crippen LogP contribution is -2.51. The molecule has 4 rings (SSSR count). The van der Waals surface area contributed by atoms with Crippen LogP contribution in [0.3, 0.4) is 0 Å². The minimum atomic E-state index is -0.144. The number of rotatable bonds is 3.